The predicted octanol–water partition coefficient (Wildman–Crippen LogP) is 3.00. The number of hydrogen-bond acceptors (Lipinski definition) is 7. The molecule has 1 aromatic heterocycles. The molecule has 1 atom stereocenters. The molecule has 0 aliphatic heterocycles. The fourth-order valence-corrected chi connectivity index (χ4v) is 2.59. The predicted molar refractivity (Wildman–Crippen MR) is 95.8 cm³/mol. The molecule has 0 bridgehead atoms. The number of carbonyl (C=O) groups excluding carboxylic acids is 1. The number of nitro benzene ring substituents is 1. The molecule has 0 fully saturated rings. The Hall–Kier alpha value is -3.50. The molecule has 1 unspecified atom stereocenters. The summed E-state index contributed by atoms with van der Waals surface area (Å²) < 4.78 is 6.48. The van der Waals surface area contributed by atoms with Crippen LogP contribution in [0.3, 0.4) is 0 Å². The first kappa shape index (κ1) is 19.8. The average molecular weight is 377 g/mol. The van der Waals surface area contributed by atoms with Gasteiger partial charge < -0.3 is 20.2 Å². The Labute approximate surface area is 154 Å². The van der Waals surface area contributed by atoms with E-state index in [4.69, 9.17) is 4.74 Å². The summed E-state index contributed by atoms with van der Waals surface area (Å²) in [4.78, 5) is 33.6. The van der Waals surface area contributed by atoms with E-state index in [1.54, 1.807) is 20.8 Å². The van der Waals surface area contributed by atoms with Crippen molar-refractivity contribution in [2.24, 2.45) is 0 Å². The molecule has 1 N–H and O–H groups in total. The van der Waals surface area contributed by atoms with Crippen LogP contribution in [0, 0.1) is 27.2 Å². The number of ether oxygens (including phenoxy) is 1. The van der Waals surface area contributed by atoms with Crippen LogP contribution in [-0.4, -0.2) is 32.1 Å². The lowest BCUT2D eigenvalue weighted by Crippen LogP contribution is -2.27. The summed E-state index contributed by atoms with van der Waals surface area (Å²) in [7, 11) is 0. The van der Waals surface area contributed by atoms with Crippen molar-refractivity contribution >= 4 is 23.1 Å². The second-order valence-electron chi connectivity index (χ2n) is 5.63. The molecule has 0 saturated carbocycles. The van der Waals surface area contributed by atoms with Crippen molar-refractivity contribution in [3.63, 3.8) is 0 Å². The van der Waals surface area contributed by atoms with Gasteiger partial charge in [0.1, 0.15) is 11.4 Å². The maximum absolute atomic E-state index is 12.7. The van der Waals surface area contributed by atoms with Crippen LogP contribution in [0.2, 0.25) is 0 Å². The van der Waals surface area contributed by atoms with Gasteiger partial charge in [0, 0.05) is 0 Å². The van der Waals surface area contributed by atoms with E-state index in [1.807, 2.05) is 0 Å². The van der Waals surface area contributed by atoms with Crippen molar-refractivity contribution in [1.82, 2.24) is 9.78 Å². The number of aryl methyl sites for hydroxylation is 1. The fourth-order valence-electron chi connectivity index (χ4n) is 2.59. The molecule has 0 aliphatic carbocycles. The van der Waals surface area contributed by atoms with Crippen molar-refractivity contribution in [2.75, 3.05) is 11.9 Å². The van der Waals surface area contributed by atoms with E-state index in [0.717, 1.165) is 0 Å². The van der Waals surface area contributed by atoms with Gasteiger partial charge in [-0.3, -0.25) is 14.9 Å². The van der Waals surface area contributed by atoms with E-state index < -0.39 is 21.8 Å². The molecule has 0 aliphatic rings. The van der Waals surface area contributed by atoms with Gasteiger partial charge in [-0.2, -0.15) is 4.68 Å². The van der Waals surface area contributed by atoms with Gasteiger partial charge in [0.15, 0.2) is 6.04 Å². The van der Waals surface area contributed by atoms with Crippen molar-refractivity contribution in [3.05, 3.63) is 50.2 Å². The number of aromatic nitrogens is 2. The number of rotatable bonds is 8. The van der Waals surface area contributed by atoms with Crippen LogP contribution in [0.15, 0.2) is 24.3 Å². The monoisotopic (exact) mass is 377 g/mol. The maximum Gasteiger partial charge on any atom is 0.390 e. The van der Waals surface area contributed by atoms with Crippen LogP contribution in [0.1, 0.15) is 32.0 Å². The second-order valence-corrected chi connectivity index (χ2v) is 5.63. The molecule has 0 saturated heterocycles. The van der Waals surface area contributed by atoms with E-state index >= 15 is 0 Å². The summed E-state index contributed by atoms with van der Waals surface area (Å²) in [6, 6.07) is 4.52. The van der Waals surface area contributed by atoms with Gasteiger partial charge in [0.25, 0.3) is 11.6 Å². The number of carbonyl (C=O) groups is 1. The third kappa shape index (κ3) is 4.37. The van der Waals surface area contributed by atoms with Gasteiger partial charge >= 0.3 is 5.82 Å². The van der Waals surface area contributed by atoms with E-state index in [2.05, 4.69) is 10.4 Å². The Bertz CT molecular complexity index is 878. The van der Waals surface area contributed by atoms with Gasteiger partial charge in [-0.25, -0.2) is 0 Å². The minimum Gasteiger partial charge on any atom is -0.494 e. The van der Waals surface area contributed by atoms with Gasteiger partial charge in [-0.15, -0.1) is 0 Å². The largest absolute Gasteiger partial charge is 0.494 e. The molecule has 11 heteroatoms. The summed E-state index contributed by atoms with van der Waals surface area (Å²) in [6.45, 7) is 5.40. The summed E-state index contributed by atoms with van der Waals surface area (Å²) in [5, 5.41) is 28.5. The third-order valence-electron chi connectivity index (χ3n) is 3.82. The first-order valence-electron chi connectivity index (χ1n) is 8.21. The number of anilines is 1. The SMILES string of the molecule is CCOc1ccc(NC(=O)C(CC)n2nc([N+](=O)[O-])cc2C)c([N+](=O)[O-])c1. The molecule has 1 aromatic carbocycles. The molecular formula is C16H19N5O6. The van der Waals surface area contributed by atoms with Crippen LogP contribution in [0.4, 0.5) is 17.2 Å². The molecule has 1 amide bonds. The fraction of sp³-hybridized carbons (Fsp3) is 0.375. The molecule has 11 nitrogen and oxygen atoms in total. The van der Waals surface area contributed by atoms with E-state index in [9.17, 15) is 25.0 Å². The average Bonchev–Trinajstić information content (AvgIpc) is 2.99. The van der Waals surface area contributed by atoms with Crippen LogP contribution in [-0.2, 0) is 4.79 Å². The zero-order valence-electron chi connectivity index (χ0n) is 15.0. The van der Waals surface area contributed by atoms with Crippen LogP contribution in [0.5, 0.6) is 5.75 Å². The van der Waals surface area contributed by atoms with Crippen LogP contribution >= 0.6 is 0 Å². The lowest BCUT2D eigenvalue weighted by Gasteiger charge is -2.14. The quantitative estimate of drug-likeness (QED) is 0.550. The summed E-state index contributed by atoms with van der Waals surface area (Å²) in [6.07, 6.45) is 0.288. The Morgan fingerprint density at radius 2 is 1.96 bits per heavy atom. The smallest absolute Gasteiger partial charge is 0.390 e. The van der Waals surface area contributed by atoms with Gasteiger partial charge in [-0.05, 0) is 37.3 Å². The minimum absolute atomic E-state index is 0.00575. The first-order chi connectivity index (χ1) is 12.8. The van der Waals surface area contributed by atoms with Gasteiger partial charge in [0.2, 0.25) is 0 Å². The Morgan fingerprint density at radius 1 is 1.26 bits per heavy atom. The lowest BCUT2D eigenvalue weighted by atomic mass is 10.2. The zero-order chi connectivity index (χ0) is 20.1. The molecule has 2 aromatic rings. The van der Waals surface area contributed by atoms with Crippen molar-refractivity contribution in [1.29, 1.82) is 0 Å². The molecule has 2 rings (SSSR count). The third-order valence-corrected chi connectivity index (χ3v) is 3.82. The summed E-state index contributed by atoms with van der Waals surface area (Å²) in [5.74, 6) is -0.621. The number of amides is 1. The number of benzene rings is 1. The lowest BCUT2D eigenvalue weighted by molar-refractivity contribution is -0.389. The minimum atomic E-state index is -0.857. The molecular weight excluding hydrogens is 358 g/mol. The van der Waals surface area contributed by atoms with Crippen molar-refractivity contribution < 1.29 is 19.4 Å². The number of hydrogen-bond donors (Lipinski definition) is 1. The van der Waals surface area contributed by atoms with E-state index in [-0.39, 0.29) is 23.6 Å². The Balaban J connectivity index is 2.32. The highest BCUT2D eigenvalue weighted by Crippen LogP contribution is 2.30. The van der Waals surface area contributed by atoms with Crippen LogP contribution < -0.4 is 10.1 Å². The molecule has 0 spiro atoms. The number of nitro groups is 2. The van der Waals surface area contributed by atoms with Gasteiger partial charge in [-0.1, -0.05) is 6.92 Å². The highest BCUT2D eigenvalue weighted by molar-refractivity contribution is 5.95. The second kappa shape index (κ2) is 8.25. The molecule has 144 valence electrons. The zero-order valence-corrected chi connectivity index (χ0v) is 15.0. The Morgan fingerprint density at radius 3 is 2.48 bits per heavy atom. The maximum atomic E-state index is 12.7. The van der Waals surface area contributed by atoms with E-state index in [0.29, 0.717) is 18.1 Å². The van der Waals surface area contributed by atoms with Crippen molar-refractivity contribution in [3.8, 4) is 5.75 Å². The Kier molecular flexibility index (Phi) is 6.06. The standard InChI is InChI=1S/C16H19N5O6/c1-4-13(19-10(3)8-15(18-19)21(25)26)16(22)17-12-7-6-11(27-5-2)9-14(12)20(23)24/h6-9,13H,4-5H2,1-3H3,(H,17,22). The summed E-state index contributed by atoms with van der Waals surface area (Å²) in [5.41, 5.74) is 0.128. The highest BCUT2D eigenvalue weighted by Gasteiger charge is 2.28. The van der Waals surface area contributed by atoms with Gasteiger partial charge in [0.05, 0.1) is 34.5 Å². The van der Waals surface area contributed by atoms with Crippen LogP contribution in [0.25, 0.3) is 0 Å². The topological polar surface area (TPSA) is 142 Å². The van der Waals surface area contributed by atoms with Crippen molar-refractivity contribution in [2.45, 2.75) is 33.2 Å². The highest BCUT2D eigenvalue weighted by atomic mass is 16.6. The molecule has 1 heterocycles. The number of nitrogens with one attached hydrogen (secondary N) is 1. The first-order valence-corrected chi connectivity index (χ1v) is 8.21. The molecule has 0 radical (unpaired) electrons. The summed E-state index contributed by atoms with van der Waals surface area (Å²) >= 11 is 0. The number of nitrogens with zero attached hydrogens (tertiary/aromatic N) is 4. The normalized spacial score (nSPS) is 11.7. The molecule has 27 heavy (non-hydrogen) atoms. The van der Waals surface area contributed by atoms with E-state index in [1.165, 1.54) is 28.9 Å².